The van der Waals surface area contributed by atoms with Crippen molar-refractivity contribution in [1.82, 2.24) is 14.7 Å². The van der Waals surface area contributed by atoms with Crippen molar-refractivity contribution in [3.05, 3.63) is 5.82 Å². The number of hydrogen-bond acceptors (Lipinski definition) is 5. The molecule has 0 spiro atoms. The number of piperidine rings is 1. The minimum Gasteiger partial charge on any atom is -0.346 e. The number of nitrogens with one attached hydrogen (secondary N) is 1. The van der Waals surface area contributed by atoms with Crippen LogP contribution in [0.1, 0.15) is 18.7 Å². The normalized spacial score (nSPS) is 28.5. The number of alkyl halides is 3. The number of nitrogens with zero attached hydrogens (tertiary/aromatic N) is 3. The predicted molar refractivity (Wildman–Crippen MR) is 61.6 cm³/mol. The summed E-state index contributed by atoms with van der Waals surface area (Å²) in [5.74, 6) is -0.494. The van der Waals surface area contributed by atoms with Gasteiger partial charge in [-0.2, -0.15) is 22.5 Å². The largest absolute Gasteiger partial charge is 0.452 e. The molecule has 100 valence electrons. The van der Waals surface area contributed by atoms with Gasteiger partial charge in [0.25, 0.3) is 0 Å². The number of aromatic nitrogens is 2. The number of halogens is 3. The van der Waals surface area contributed by atoms with E-state index in [4.69, 9.17) is 0 Å². The van der Waals surface area contributed by atoms with Gasteiger partial charge >= 0.3 is 6.18 Å². The van der Waals surface area contributed by atoms with Gasteiger partial charge in [0.05, 0.1) is 0 Å². The fraction of sp³-hybridized carbons (Fsp3) is 0.800. The van der Waals surface area contributed by atoms with Crippen LogP contribution in [0.5, 0.6) is 0 Å². The molecule has 2 aliphatic heterocycles. The molecule has 0 bridgehead atoms. The molecule has 2 saturated heterocycles. The highest BCUT2D eigenvalue weighted by molar-refractivity contribution is 7.09. The quantitative estimate of drug-likeness (QED) is 0.849. The topological polar surface area (TPSA) is 41.1 Å². The summed E-state index contributed by atoms with van der Waals surface area (Å²) in [4.78, 5) is 5.54. The molecule has 0 saturated carbocycles. The van der Waals surface area contributed by atoms with E-state index in [0.29, 0.717) is 17.1 Å². The molecule has 2 aliphatic rings. The van der Waals surface area contributed by atoms with E-state index >= 15 is 0 Å². The van der Waals surface area contributed by atoms with Crippen molar-refractivity contribution < 1.29 is 13.2 Å². The summed E-state index contributed by atoms with van der Waals surface area (Å²) in [6.45, 7) is 2.54. The molecule has 8 heteroatoms. The maximum atomic E-state index is 12.4. The zero-order chi connectivity index (χ0) is 12.8. The van der Waals surface area contributed by atoms with Gasteiger partial charge in [0.1, 0.15) is 0 Å². The van der Waals surface area contributed by atoms with Crippen LogP contribution in [-0.4, -0.2) is 35.0 Å². The molecule has 0 amide bonds. The zero-order valence-corrected chi connectivity index (χ0v) is 10.4. The van der Waals surface area contributed by atoms with Gasteiger partial charge in [-0.1, -0.05) is 0 Å². The Labute approximate surface area is 106 Å². The van der Waals surface area contributed by atoms with Crippen molar-refractivity contribution in [2.24, 2.45) is 5.92 Å². The maximum absolute atomic E-state index is 12.4. The van der Waals surface area contributed by atoms with E-state index in [1.807, 2.05) is 4.90 Å². The minimum atomic E-state index is -4.44. The van der Waals surface area contributed by atoms with Gasteiger partial charge in [-0.15, -0.1) is 0 Å². The number of fused-ring (bicyclic) bond motifs is 1. The molecule has 3 rings (SSSR count). The molecule has 0 aromatic carbocycles. The van der Waals surface area contributed by atoms with Gasteiger partial charge in [0.15, 0.2) is 0 Å². The highest BCUT2D eigenvalue weighted by Crippen LogP contribution is 2.33. The van der Waals surface area contributed by atoms with E-state index in [1.54, 1.807) is 0 Å². The molecule has 3 heterocycles. The number of anilines is 1. The van der Waals surface area contributed by atoms with Crippen LogP contribution in [0.3, 0.4) is 0 Å². The third-order valence-corrected chi connectivity index (χ3v) is 4.37. The summed E-state index contributed by atoms with van der Waals surface area (Å²) in [5, 5.41) is 3.82. The fourth-order valence-electron chi connectivity index (χ4n) is 2.68. The predicted octanol–water partition coefficient (Wildman–Crippen LogP) is 1.75. The lowest BCUT2D eigenvalue weighted by molar-refractivity contribution is -0.144. The van der Waals surface area contributed by atoms with Crippen LogP contribution in [0.15, 0.2) is 0 Å². The van der Waals surface area contributed by atoms with E-state index in [-0.39, 0.29) is 0 Å². The Morgan fingerprint density at radius 2 is 2.17 bits per heavy atom. The van der Waals surface area contributed by atoms with Crippen LogP contribution < -0.4 is 10.2 Å². The van der Waals surface area contributed by atoms with Gasteiger partial charge in [0, 0.05) is 30.7 Å². The van der Waals surface area contributed by atoms with E-state index in [1.165, 1.54) is 0 Å². The van der Waals surface area contributed by atoms with Crippen LogP contribution in [0.2, 0.25) is 0 Å². The van der Waals surface area contributed by atoms with Crippen molar-refractivity contribution in [3.8, 4) is 0 Å². The molecule has 2 unspecified atom stereocenters. The highest BCUT2D eigenvalue weighted by Gasteiger charge is 2.38. The summed E-state index contributed by atoms with van der Waals surface area (Å²) in [6, 6.07) is 0.524. The Morgan fingerprint density at radius 3 is 2.89 bits per heavy atom. The maximum Gasteiger partial charge on any atom is 0.452 e. The summed E-state index contributed by atoms with van der Waals surface area (Å²) < 4.78 is 40.7. The van der Waals surface area contributed by atoms with Crippen molar-refractivity contribution in [1.29, 1.82) is 0 Å². The first-order chi connectivity index (χ1) is 8.54. The molecule has 1 N–H and O–H groups in total. The average Bonchev–Trinajstić information content (AvgIpc) is 2.96. The molecule has 1 aromatic rings. The Hall–Kier alpha value is -0.890. The average molecular weight is 278 g/mol. The van der Waals surface area contributed by atoms with E-state index in [0.717, 1.165) is 44.0 Å². The Morgan fingerprint density at radius 1 is 1.33 bits per heavy atom. The number of hydrogen-bond donors (Lipinski definition) is 1. The molecule has 2 atom stereocenters. The molecule has 0 aliphatic carbocycles. The summed E-state index contributed by atoms with van der Waals surface area (Å²) in [6.07, 6.45) is -2.39. The van der Waals surface area contributed by atoms with Crippen molar-refractivity contribution in [2.75, 3.05) is 24.5 Å². The van der Waals surface area contributed by atoms with Crippen LogP contribution in [-0.2, 0) is 6.18 Å². The second-order valence-corrected chi connectivity index (χ2v) is 5.47. The van der Waals surface area contributed by atoms with Gasteiger partial charge in [-0.05, 0) is 25.3 Å². The molecular formula is C10H13F3N4S. The first kappa shape index (κ1) is 12.2. The highest BCUT2D eigenvalue weighted by atomic mass is 32.1. The van der Waals surface area contributed by atoms with Gasteiger partial charge in [-0.3, -0.25) is 0 Å². The van der Waals surface area contributed by atoms with E-state index in [2.05, 4.69) is 14.7 Å². The smallest absolute Gasteiger partial charge is 0.346 e. The Balaban J connectivity index is 1.73. The Kier molecular flexibility index (Phi) is 2.93. The van der Waals surface area contributed by atoms with Crippen LogP contribution in [0.25, 0.3) is 0 Å². The van der Waals surface area contributed by atoms with Gasteiger partial charge in [0.2, 0.25) is 11.0 Å². The lowest BCUT2D eigenvalue weighted by atomic mass is 9.94. The standard InChI is InChI=1S/C10H13F3N4S/c11-10(12,13)8-15-9(18-16-8)17-4-2-7-6(5-17)1-3-14-7/h6-7,14H,1-5H2. The first-order valence-electron chi connectivity index (χ1n) is 5.93. The first-order valence-corrected chi connectivity index (χ1v) is 6.70. The van der Waals surface area contributed by atoms with Crippen LogP contribution in [0.4, 0.5) is 18.3 Å². The third-order valence-electron chi connectivity index (χ3n) is 3.59. The van der Waals surface area contributed by atoms with Crippen LogP contribution >= 0.6 is 11.5 Å². The molecule has 18 heavy (non-hydrogen) atoms. The molecule has 4 nitrogen and oxygen atoms in total. The molecular weight excluding hydrogens is 265 g/mol. The summed E-state index contributed by atoms with van der Waals surface area (Å²) in [5.41, 5.74) is 0. The third kappa shape index (κ3) is 2.18. The molecule has 1 aromatic heterocycles. The second kappa shape index (κ2) is 4.34. The lowest BCUT2D eigenvalue weighted by Crippen LogP contribution is -2.44. The van der Waals surface area contributed by atoms with Gasteiger partial charge < -0.3 is 10.2 Å². The number of rotatable bonds is 1. The molecule has 0 radical (unpaired) electrons. The van der Waals surface area contributed by atoms with Gasteiger partial charge in [-0.25, -0.2) is 0 Å². The monoisotopic (exact) mass is 278 g/mol. The van der Waals surface area contributed by atoms with Crippen molar-refractivity contribution in [3.63, 3.8) is 0 Å². The van der Waals surface area contributed by atoms with Crippen LogP contribution in [0, 0.1) is 5.92 Å². The summed E-state index contributed by atoms with van der Waals surface area (Å²) in [7, 11) is 0. The fourth-order valence-corrected chi connectivity index (χ4v) is 3.40. The lowest BCUT2D eigenvalue weighted by Gasteiger charge is -2.34. The second-order valence-electron chi connectivity index (χ2n) is 4.74. The van der Waals surface area contributed by atoms with E-state index < -0.39 is 12.0 Å². The van der Waals surface area contributed by atoms with E-state index in [9.17, 15) is 13.2 Å². The minimum absolute atomic E-state index is 0.396. The zero-order valence-electron chi connectivity index (χ0n) is 9.57. The van der Waals surface area contributed by atoms with Crippen molar-refractivity contribution >= 4 is 16.7 Å². The summed E-state index contributed by atoms with van der Waals surface area (Å²) >= 11 is 0.842. The van der Waals surface area contributed by atoms with Crippen molar-refractivity contribution in [2.45, 2.75) is 25.1 Å². The molecule has 2 fully saturated rings. The Bertz CT molecular complexity index is 433. The SMILES string of the molecule is FC(F)(F)c1nsc(N2CCC3NCCC3C2)n1.